The summed E-state index contributed by atoms with van der Waals surface area (Å²) in [5.74, 6) is 1.20. The predicted molar refractivity (Wildman–Crippen MR) is 59.8 cm³/mol. The summed E-state index contributed by atoms with van der Waals surface area (Å²) >= 11 is 0. The van der Waals surface area contributed by atoms with Crippen molar-refractivity contribution in [2.45, 2.75) is 20.4 Å². The molecule has 84 valence electrons. The minimum Gasteiger partial charge on any atom is -0.338 e. The summed E-state index contributed by atoms with van der Waals surface area (Å²) in [5, 5.41) is 6.90. The van der Waals surface area contributed by atoms with E-state index in [1.807, 2.05) is 33.0 Å². The van der Waals surface area contributed by atoms with Gasteiger partial charge >= 0.3 is 0 Å². The fourth-order valence-corrected chi connectivity index (χ4v) is 1.56. The Bertz CT molecular complexity index is 472. The number of aryl methyl sites for hydroxylation is 2. The smallest absolute Gasteiger partial charge is 0.240 e. The van der Waals surface area contributed by atoms with Crippen molar-refractivity contribution in [2.24, 2.45) is 0 Å². The third-order valence-corrected chi connectivity index (χ3v) is 2.14. The lowest BCUT2D eigenvalue weighted by Crippen LogP contribution is -2.04. The van der Waals surface area contributed by atoms with E-state index in [4.69, 9.17) is 4.52 Å². The van der Waals surface area contributed by atoms with Gasteiger partial charge in [-0.05, 0) is 33.0 Å². The summed E-state index contributed by atoms with van der Waals surface area (Å²) in [6.07, 6.45) is 0. The van der Waals surface area contributed by atoms with Gasteiger partial charge in [-0.2, -0.15) is 4.98 Å². The molecule has 5 heteroatoms. The van der Waals surface area contributed by atoms with Crippen molar-refractivity contribution < 1.29 is 4.52 Å². The van der Waals surface area contributed by atoms with Crippen LogP contribution in [0.25, 0.3) is 11.4 Å². The molecule has 0 radical (unpaired) electrons. The van der Waals surface area contributed by atoms with Crippen LogP contribution in [0.3, 0.4) is 0 Å². The van der Waals surface area contributed by atoms with E-state index < -0.39 is 0 Å². The molecule has 0 saturated heterocycles. The van der Waals surface area contributed by atoms with Gasteiger partial charge in [0.25, 0.3) is 0 Å². The molecule has 0 atom stereocenters. The molecule has 0 aliphatic rings. The highest BCUT2D eigenvalue weighted by Crippen LogP contribution is 2.17. The van der Waals surface area contributed by atoms with Crippen molar-refractivity contribution in [3.8, 4) is 11.4 Å². The maximum atomic E-state index is 5.10. The zero-order chi connectivity index (χ0) is 11.5. The normalized spacial score (nSPS) is 10.7. The largest absolute Gasteiger partial charge is 0.338 e. The molecule has 2 heterocycles. The molecule has 2 rings (SSSR count). The molecule has 5 nitrogen and oxygen atoms in total. The molecule has 1 N–H and O–H groups in total. The third-order valence-electron chi connectivity index (χ3n) is 2.14. The number of aromatic nitrogens is 3. The van der Waals surface area contributed by atoms with Crippen molar-refractivity contribution in [3.63, 3.8) is 0 Å². The van der Waals surface area contributed by atoms with E-state index in [0.29, 0.717) is 18.3 Å². The van der Waals surface area contributed by atoms with Crippen molar-refractivity contribution in [3.05, 3.63) is 29.4 Å². The number of rotatable bonds is 3. The van der Waals surface area contributed by atoms with Gasteiger partial charge in [0, 0.05) is 17.0 Å². The van der Waals surface area contributed by atoms with Crippen LogP contribution in [0.5, 0.6) is 0 Å². The van der Waals surface area contributed by atoms with Crippen LogP contribution in [0.4, 0.5) is 0 Å². The monoisotopic (exact) mass is 218 g/mol. The zero-order valence-corrected chi connectivity index (χ0v) is 9.61. The fraction of sp³-hybridized carbons (Fsp3) is 0.364. The van der Waals surface area contributed by atoms with Crippen LogP contribution in [0.2, 0.25) is 0 Å². The number of nitrogens with one attached hydrogen (secondary N) is 1. The first-order valence-electron chi connectivity index (χ1n) is 5.12. The van der Waals surface area contributed by atoms with Gasteiger partial charge in [0.1, 0.15) is 0 Å². The molecule has 0 amide bonds. The van der Waals surface area contributed by atoms with Crippen molar-refractivity contribution >= 4 is 0 Å². The average Bonchev–Trinajstić information content (AvgIpc) is 2.65. The Morgan fingerprint density at radius 3 is 2.50 bits per heavy atom. The topological polar surface area (TPSA) is 63.8 Å². The second-order valence-electron chi connectivity index (χ2n) is 3.68. The highest BCUT2D eigenvalue weighted by Gasteiger charge is 2.08. The molecule has 0 fully saturated rings. The number of pyridine rings is 1. The van der Waals surface area contributed by atoms with E-state index in [2.05, 4.69) is 20.4 Å². The Hall–Kier alpha value is -1.75. The van der Waals surface area contributed by atoms with Crippen LogP contribution in [-0.4, -0.2) is 22.2 Å². The first kappa shape index (κ1) is 10.8. The molecule has 0 spiro atoms. The van der Waals surface area contributed by atoms with Crippen LogP contribution in [0, 0.1) is 13.8 Å². The third kappa shape index (κ3) is 2.25. The van der Waals surface area contributed by atoms with Gasteiger partial charge in [-0.1, -0.05) is 5.16 Å². The van der Waals surface area contributed by atoms with Crippen LogP contribution in [0.15, 0.2) is 16.7 Å². The molecule has 2 aromatic rings. The lowest BCUT2D eigenvalue weighted by molar-refractivity contribution is 0.372. The van der Waals surface area contributed by atoms with Gasteiger partial charge < -0.3 is 9.84 Å². The first-order valence-corrected chi connectivity index (χ1v) is 5.12. The molecule has 0 aliphatic carbocycles. The first-order chi connectivity index (χ1) is 7.69. The molecule has 0 unspecified atom stereocenters. The summed E-state index contributed by atoms with van der Waals surface area (Å²) in [7, 11) is 1.84. The number of hydrogen-bond donors (Lipinski definition) is 1. The van der Waals surface area contributed by atoms with Gasteiger partial charge in [-0.3, -0.25) is 4.98 Å². The summed E-state index contributed by atoms with van der Waals surface area (Å²) in [4.78, 5) is 8.59. The van der Waals surface area contributed by atoms with Crippen LogP contribution < -0.4 is 5.32 Å². The van der Waals surface area contributed by atoms with E-state index in [0.717, 1.165) is 17.0 Å². The van der Waals surface area contributed by atoms with Gasteiger partial charge in [-0.15, -0.1) is 0 Å². The van der Waals surface area contributed by atoms with Crippen LogP contribution in [0.1, 0.15) is 17.3 Å². The number of hydrogen-bond acceptors (Lipinski definition) is 5. The van der Waals surface area contributed by atoms with E-state index in [1.165, 1.54) is 0 Å². The lowest BCUT2D eigenvalue weighted by atomic mass is 10.2. The fourth-order valence-electron chi connectivity index (χ4n) is 1.56. The zero-order valence-electron chi connectivity index (χ0n) is 9.61. The summed E-state index contributed by atoms with van der Waals surface area (Å²) in [5.41, 5.74) is 2.85. The van der Waals surface area contributed by atoms with Gasteiger partial charge in [0.2, 0.25) is 11.7 Å². The molecule has 0 aliphatic heterocycles. The maximum absolute atomic E-state index is 5.10. The molecule has 0 bridgehead atoms. The van der Waals surface area contributed by atoms with E-state index in [1.54, 1.807) is 0 Å². The van der Waals surface area contributed by atoms with E-state index >= 15 is 0 Å². The number of nitrogens with zero attached hydrogens (tertiary/aromatic N) is 3. The Morgan fingerprint density at radius 2 is 1.88 bits per heavy atom. The lowest BCUT2D eigenvalue weighted by Gasteiger charge is -1.98. The molecular weight excluding hydrogens is 204 g/mol. The highest BCUT2D eigenvalue weighted by atomic mass is 16.5. The van der Waals surface area contributed by atoms with E-state index in [-0.39, 0.29) is 0 Å². The second-order valence-corrected chi connectivity index (χ2v) is 3.68. The average molecular weight is 218 g/mol. The van der Waals surface area contributed by atoms with Crippen molar-refractivity contribution in [1.82, 2.24) is 20.4 Å². The maximum Gasteiger partial charge on any atom is 0.240 e. The quantitative estimate of drug-likeness (QED) is 0.845. The molecule has 0 aromatic carbocycles. The Kier molecular flexibility index (Phi) is 2.96. The molecule has 2 aromatic heterocycles. The van der Waals surface area contributed by atoms with Gasteiger partial charge in [0.05, 0.1) is 6.54 Å². The summed E-state index contributed by atoms with van der Waals surface area (Å²) in [6.45, 7) is 4.48. The second kappa shape index (κ2) is 4.40. The van der Waals surface area contributed by atoms with Gasteiger partial charge in [-0.25, -0.2) is 0 Å². The Labute approximate surface area is 93.9 Å². The van der Waals surface area contributed by atoms with Crippen molar-refractivity contribution in [1.29, 1.82) is 0 Å². The summed E-state index contributed by atoms with van der Waals surface area (Å²) in [6, 6.07) is 3.89. The van der Waals surface area contributed by atoms with Crippen LogP contribution >= 0.6 is 0 Å². The minimum absolute atomic E-state index is 0.579. The van der Waals surface area contributed by atoms with Crippen LogP contribution in [-0.2, 0) is 6.54 Å². The molecule has 0 saturated carbocycles. The standard InChI is InChI=1S/C11H14N4O/c1-7-4-9(5-8(2)13-7)11-14-10(6-12-3)16-15-11/h4-5,12H,6H2,1-3H3. The van der Waals surface area contributed by atoms with Crippen molar-refractivity contribution in [2.75, 3.05) is 7.05 Å². The predicted octanol–water partition coefficient (Wildman–Crippen LogP) is 1.47. The molecule has 16 heavy (non-hydrogen) atoms. The Morgan fingerprint density at radius 1 is 1.19 bits per heavy atom. The summed E-state index contributed by atoms with van der Waals surface area (Å²) < 4.78 is 5.10. The highest BCUT2D eigenvalue weighted by molar-refractivity contribution is 5.55. The van der Waals surface area contributed by atoms with E-state index in [9.17, 15) is 0 Å². The Balaban J connectivity index is 2.34. The SMILES string of the molecule is CNCc1nc(-c2cc(C)nc(C)c2)no1. The minimum atomic E-state index is 0.579. The molecular formula is C11H14N4O. The van der Waals surface area contributed by atoms with Gasteiger partial charge in [0.15, 0.2) is 0 Å².